The van der Waals surface area contributed by atoms with Crippen molar-refractivity contribution < 1.29 is 14.3 Å². The van der Waals surface area contributed by atoms with Crippen LogP contribution < -0.4 is 10.1 Å². The number of hydrogen-bond acceptors (Lipinski definition) is 5. The molecule has 1 aromatic carbocycles. The predicted octanol–water partition coefficient (Wildman–Crippen LogP) is 3.27. The summed E-state index contributed by atoms with van der Waals surface area (Å²) in [6.45, 7) is 8.15. The van der Waals surface area contributed by atoms with Gasteiger partial charge in [0.25, 0.3) is 0 Å². The zero-order valence-electron chi connectivity index (χ0n) is 16.3. The molecule has 8 heteroatoms. The highest BCUT2D eigenvalue weighted by Gasteiger charge is 2.32. The maximum atomic E-state index is 12.5. The molecular weight excluding hydrogens is 346 g/mol. The van der Waals surface area contributed by atoms with Crippen molar-refractivity contribution in [2.75, 3.05) is 12.4 Å². The van der Waals surface area contributed by atoms with E-state index in [1.807, 2.05) is 32.3 Å². The van der Waals surface area contributed by atoms with Crippen LogP contribution in [0.2, 0.25) is 0 Å². The van der Waals surface area contributed by atoms with Crippen LogP contribution in [-0.2, 0) is 6.54 Å². The van der Waals surface area contributed by atoms with Gasteiger partial charge in [-0.2, -0.15) is 0 Å². The number of urea groups is 1. The maximum Gasteiger partial charge on any atom is 0.321 e. The molecular formula is C19H25N5O3. The number of nitrogens with one attached hydrogen (secondary N) is 1. The van der Waals surface area contributed by atoms with Crippen LogP contribution in [0.25, 0.3) is 0 Å². The topological polar surface area (TPSA) is 89.4 Å². The van der Waals surface area contributed by atoms with Gasteiger partial charge in [0.15, 0.2) is 11.6 Å². The summed E-state index contributed by atoms with van der Waals surface area (Å²) >= 11 is 0. The Kier molecular flexibility index (Phi) is 4.91. The van der Waals surface area contributed by atoms with Crippen LogP contribution in [0, 0.1) is 0 Å². The molecule has 144 valence electrons. The number of rotatable bonds is 4. The Morgan fingerprint density at radius 2 is 2.15 bits per heavy atom. The average molecular weight is 371 g/mol. The minimum absolute atomic E-state index is 0.00994. The summed E-state index contributed by atoms with van der Waals surface area (Å²) in [6.07, 6.45) is 1.96. The summed E-state index contributed by atoms with van der Waals surface area (Å²) in [5.41, 5.74) is 0.531. The summed E-state index contributed by atoms with van der Waals surface area (Å²) in [4.78, 5) is 26.4. The number of carbonyl (C=O) groups is 2. The summed E-state index contributed by atoms with van der Waals surface area (Å²) in [5, 5.41) is 10.8. The van der Waals surface area contributed by atoms with Crippen LogP contribution in [0.5, 0.6) is 5.75 Å². The summed E-state index contributed by atoms with van der Waals surface area (Å²) < 4.78 is 7.76. The van der Waals surface area contributed by atoms with Crippen molar-refractivity contribution in [3.05, 3.63) is 35.9 Å². The maximum absolute atomic E-state index is 12.5. The van der Waals surface area contributed by atoms with Gasteiger partial charge in [0.05, 0.1) is 18.5 Å². The number of ketones is 1. The van der Waals surface area contributed by atoms with E-state index in [9.17, 15) is 9.59 Å². The van der Waals surface area contributed by atoms with Crippen molar-refractivity contribution >= 4 is 17.5 Å². The molecule has 8 nitrogen and oxygen atoms in total. The number of benzene rings is 1. The molecule has 0 saturated carbocycles. The molecule has 0 unspecified atom stereocenters. The van der Waals surface area contributed by atoms with E-state index < -0.39 is 5.60 Å². The molecule has 0 saturated heterocycles. The van der Waals surface area contributed by atoms with E-state index >= 15 is 0 Å². The number of nitrogens with zero attached hydrogens (tertiary/aromatic N) is 4. The van der Waals surface area contributed by atoms with Gasteiger partial charge in [0.2, 0.25) is 0 Å². The fourth-order valence-corrected chi connectivity index (χ4v) is 3.04. The van der Waals surface area contributed by atoms with Crippen LogP contribution in [0.3, 0.4) is 0 Å². The van der Waals surface area contributed by atoms with Crippen molar-refractivity contribution in [1.82, 2.24) is 19.7 Å². The minimum atomic E-state index is -0.512. The fourth-order valence-electron chi connectivity index (χ4n) is 3.04. The Balaban J connectivity index is 1.70. The molecule has 3 rings (SSSR count). The number of amides is 2. The van der Waals surface area contributed by atoms with Crippen molar-refractivity contribution in [3.63, 3.8) is 0 Å². The highest BCUT2D eigenvalue weighted by Crippen LogP contribution is 2.34. The van der Waals surface area contributed by atoms with Crippen LogP contribution in [0.4, 0.5) is 10.5 Å². The lowest BCUT2D eigenvalue weighted by atomic mass is 9.93. The molecule has 2 heterocycles. The molecule has 1 N–H and O–H groups in total. The Bertz CT molecular complexity index is 872. The quantitative estimate of drug-likeness (QED) is 0.891. The monoisotopic (exact) mass is 371 g/mol. The lowest BCUT2D eigenvalue weighted by Crippen LogP contribution is -2.36. The normalized spacial score (nSPS) is 15.3. The van der Waals surface area contributed by atoms with E-state index in [-0.39, 0.29) is 17.9 Å². The molecule has 27 heavy (non-hydrogen) atoms. The van der Waals surface area contributed by atoms with Crippen LogP contribution in [0.1, 0.15) is 56.3 Å². The second-order valence-electron chi connectivity index (χ2n) is 7.71. The van der Waals surface area contributed by atoms with Crippen LogP contribution in [-0.4, -0.2) is 44.1 Å². The third kappa shape index (κ3) is 4.10. The van der Waals surface area contributed by atoms with E-state index in [1.54, 1.807) is 31.6 Å². The van der Waals surface area contributed by atoms with Gasteiger partial charge in [-0.25, -0.2) is 4.79 Å². The lowest BCUT2D eigenvalue weighted by molar-refractivity contribution is 0.0620. The number of carbonyl (C=O) groups excluding carboxylic acids is 2. The summed E-state index contributed by atoms with van der Waals surface area (Å²) in [5.74, 6) is 1.27. The number of anilines is 1. The number of fused-ring (bicyclic) bond motifs is 1. The number of aromatic nitrogens is 3. The number of Topliss-reactive ketones (excluding diaryl/α,β-unsaturated/α-hetero) is 1. The van der Waals surface area contributed by atoms with E-state index in [4.69, 9.17) is 4.74 Å². The van der Waals surface area contributed by atoms with E-state index in [0.717, 1.165) is 0 Å². The standard InChI is InChI=1S/C19H25N5O3/c1-12(2)24-11-20-22-17(24)10-23(5)18(26)21-13-6-7-16-14(8-13)15(25)9-19(3,4)27-16/h6-8,11-12H,9-10H2,1-5H3,(H,21,26). The SMILES string of the molecule is CC(C)n1cnnc1CN(C)C(=O)Nc1ccc2c(c1)C(=O)CC(C)(C)O2. The van der Waals surface area contributed by atoms with Crippen molar-refractivity contribution in [2.24, 2.45) is 0 Å². The number of hydrogen-bond donors (Lipinski definition) is 1. The molecule has 2 aromatic rings. The lowest BCUT2D eigenvalue weighted by Gasteiger charge is -2.31. The Labute approximate surface area is 158 Å². The van der Waals surface area contributed by atoms with Crippen molar-refractivity contribution in [2.45, 2.75) is 52.3 Å². The average Bonchev–Trinajstić information content (AvgIpc) is 3.03. The number of ether oxygens (including phenoxy) is 1. The van der Waals surface area contributed by atoms with Gasteiger partial charge in [-0.1, -0.05) is 0 Å². The van der Waals surface area contributed by atoms with Gasteiger partial charge >= 0.3 is 6.03 Å². The van der Waals surface area contributed by atoms with Gasteiger partial charge in [0.1, 0.15) is 17.7 Å². The van der Waals surface area contributed by atoms with E-state index in [2.05, 4.69) is 15.5 Å². The molecule has 1 aliphatic rings. The highest BCUT2D eigenvalue weighted by molar-refractivity contribution is 6.02. The first kappa shape index (κ1) is 18.9. The first-order valence-electron chi connectivity index (χ1n) is 8.93. The van der Waals surface area contributed by atoms with Gasteiger partial charge in [-0.3, -0.25) is 4.79 Å². The smallest absolute Gasteiger partial charge is 0.321 e. The predicted molar refractivity (Wildman–Crippen MR) is 101 cm³/mol. The fraction of sp³-hybridized carbons (Fsp3) is 0.474. The molecule has 1 aromatic heterocycles. The Morgan fingerprint density at radius 1 is 1.41 bits per heavy atom. The summed E-state index contributed by atoms with van der Waals surface area (Å²) in [7, 11) is 1.68. The van der Waals surface area contributed by atoms with Crippen molar-refractivity contribution in [3.8, 4) is 5.75 Å². The van der Waals surface area contributed by atoms with Gasteiger partial charge < -0.3 is 19.5 Å². The largest absolute Gasteiger partial charge is 0.487 e. The van der Waals surface area contributed by atoms with E-state index in [1.165, 1.54) is 4.90 Å². The highest BCUT2D eigenvalue weighted by atomic mass is 16.5. The van der Waals surface area contributed by atoms with Gasteiger partial charge in [-0.05, 0) is 45.9 Å². The van der Waals surface area contributed by atoms with E-state index in [0.29, 0.717) is 35.8 Å². The minimum Gasteiger partial charge on any atom is -0.487 e. The second-order valence-corrected chi connectivity index (χ2v) is 7.71. The Morgan fingerprint density at radius 3 is 2.85 bits per heavy atom. The van der Waals surface area contributed by atoms with Crippen LogP contribution >= 0.6 is 0 Å². The molecule has 0 bridgehead atoms. The van der Waals surface area contributed by atoms with Crippen molar-refractivity contribution in [1.29, 1.82) is 0 Å². The first-order chi connectivity index (χ1) is 12.7. The zero-order chi connectivity index (χ0) is 19.8. The summed E-state index contributed by atoms with van der Waals surface area (Å²) in [6, 6.07) is 5.03. The molecule has 0 aliphatic carbocycles. The molecule has 2 amide bonds. The van der Waals surface area contributed by atoms with Gasteiger partial charge in [0, 0.05) is 18.8 Å². The Hall–Kier alpha value is -2.90. The third-order valence-electron chi connectivity index (χ3n) is 4.43. The first-order valence-corrected chi connectivity index (χ1v) is 8.93. The van der Waals surface area contributed by atoms with Gasteiger partial charge in [-0.15, -0.1) is 10.2 Å². The molecule has 1 aliphatic heterocycles. The molecule has 0 atom stereocenters. The molecule has 0 fully saturated rings. The molecule has 0 spiro atoms. The third-order valence-corrected chi connectivity index (χ3v) is 4.43. The van der Waals surface area contributed by atoms with Crippen LogP contribution in [0.15, 0.2) is 24.5 Å². The molecule has 0 radical (unpaired) electrons. The zero-order valence-corrected chi connectivity index (χ0v) is 16.3. The second kappa shape index (κ2) is 7.02.